The van der Waals surface area contributed by atoms with E-state index in [9.17, 15) is 9.59 Å². The van der Waals surface area contributed by atoms with E-state index in [2.05, 4.69) is 51.5 Å². The van der Waals surface area contributed by atoms with Crippen LogP contribution in [0.15, 0.2) is 49.1 Å². The Hall–Kier alpha value is -4.12. The Morgan fingerprint density at radius 1 is 1.14 bits per heavy atom. The van der Waals surface area contributed by atoms with Gasteiger partial charge >= 0.3 is 5.97 Å². The van der Waals surface area contributed by atoms with Gasteiger partial charge in [0.25, 0.3) is 5.91 Å². The van der Waals surface area contributed by atoms with Crippen molar-refractivity contribution in [2.75, 3.05) is 5.32 Å². The second-order valence-corrected chi connectivity index (χ2v) is 10.7. The Morgan fingerprint density at radius 3 is 2.65 bits per heavy atom. The number of nitrogens with one attached hydrogen (secondary N) is 2. The third-order valence-corrected chi connectivity index (χ3v) is 6.97. The highest BCUT2D eigenvalue weighted by Gasteiger charge is 2.20. The summed E-state index contributed by atoms with van der Waals surface area (Å²) in [7, 11) is 0. The van der Waals surface area contributed by atoms with Crippen LogP contribution in [0.1, 0.15) is 53.0 Å². The van der Waals surface area contributed by atoms with E-state index >= 15 is 0 Å². The molecule has 10 nitrogen and oxygen atoms in total. The Morgan fingerprint density at radius 2 is 1.95 bits per heavy atom. The zero-order valence-corrected chi connectivity index (χ0v) is 22.0. The lowest BCUT2D eigenvalue weighted by atomic mass is 9.98. The SMILES string of the molecule is Cc1cc(-c2ccnc(Nc3cnn(CCC(=O)O)c3)n2)ccc1CNC(=O)c1cnc(C(C)(C)C)s1. The molecule has 0 aliphatic rings. The molecule has 0 bridgehead atoms. The van der Waals surface area contributed by atoms with Crippen molar-refractivity contribution in [3.8, 4) is 11.3 Å². The molecule has 0 unspecified atom stereocenters. The van der Waals surface area contributed by atoms with Crippen LogP contribution >= 0.6 is 11.3 Å². The van der Waals surface area contributed by atoms with Gasteiger partial charge in [0.2, 0.25) is 5.95 Å². The van der Waals surface area contributed by atoms with E-state index in [1.165, 1.54) is 11.3 Å². The Balaban J connectivity index is 1.40. The molecule has 3 N–H and O–H groups in total. The fourth-order valence-corrected chi connectivity index (χ4v) is 4.40. The molecular weight excluding hydrogens is 490 g/mol. The van der Waals surface area contributed by atoms with Gasteiger partial charge in [-0.05, 0) is 30.2 Å². The maximum Gasteiger partial charge on any atom is 0.305 e. The van der Waals surface area contributed by atoms with Crippen molar-refractivity contribution in [3.63, 3.8) is 0 Å². The maximum absolute atomic E-state index is 12.6. The molecule has 0 fully saturated rings. The van der Waals surface area contributed by atoms with E-state index in [-0.39, 0.29) is 24.3 Å². The van der Waals surface area contributed by atoms with Gasteiger partial charge in [0, 0.05) is 29.9 Å². The number of hydrogen-bond donors (Lipinski definition) is 3. The molecule has 4 aromatic rings. The van der Waals surface area contributed by atoms with Crippen LogP contribution in [0, 0.1) is 6.92 Å². The first-order valence-electron chi connectivity index (χ1n) is 11.8. The third-order valence-electron chi connectivity index (χ3n) is 5.55. The second-order valence-electron chi connectivity index (χ2n) is 9.63. The van der Waals surface area contributed by atoms with Crippen LogP contribution in [0.4, 0.5) is 11.6 Å². The summed E-state index contributed by atoms with van der Waals surface area (Å²) in [6.45, 7) is 8.93. The zero-order valence-electron chi connectivity index (χ0n) is 21.1. The smallest absolute Gasteiger partial charge is 0.305 e. The van der Waals surface area contributed by atoms with E-state index in [0.29, 0.717) is 23.1 Å². The van der Waals surface area contributed by atoms with E-state index < -0.39 is 5.97 Å². The van der Waals surface area contributed by atoms with Crippen molar-refractivity contribution in [2.45, 2.75) is 52.6 Å². The molecule has 1 aromatic carbocycles. The number of carbonyl (C=O) groups excluding carboxylic acids is 1. The molecule has 11 heteroatoms. The number of thiazole rings is 1. The number of carboxylic acids is 1. The summed E-state index contributed by atoms with van der Waals surface area (Å²) in [5.41, 5.74) is 4.29. The van der Waals surface area contributed by atoms with Gasteiger partial charge < -0.3 is 15.7 Å². The summed E-state index contributed by atoms with van der Waals surface area (Å²) in [5.74, 6) is -0.600. The van der Waals surface area contributed by atoms with Gasteiger partial charge in [-0.2, -0.15) is 5.10 Å². The van der Waals surface area contributed by atoms with Crippen LogP contribution in [0.3, 0.4) is 0 Å². The fraction of sp³-hybridized carbons (Fsp3) is 0.308. The highest BCUT2D eigenvalue weighted by molar-refractivity contribution is 7.13. The number of anilines is 2. The first kappa shape index (κ1) is 26.0. The van der Waals surface area contributed by atoms with Crippen molar-refractivity contribution in [1.82, 2.24) is 30.0 Å². The minimum Gasteiger partial charge on any atom is -0.481 e. The summed E-state index contributed by atoms with van der Waals surface area (Å²) in [6, 6.07) is 7.81. The molecule has 4 rings (SSSR count). The summed E-state index contributed by atoms with van der Waals surface area (Å²) < 4.78 is 1.56. The molecule has 3 aromatic heterocycles. The third kappa shape index (κ3) is 6.76. The topological polar surface area (TPSA) is 135 Å². The number of benzene rings is 1. The number of amides is 1. The fourth-order valence-electron chi connectivity index (χ4n) is 3.51. The Labute approximate surface area is 218 Å². The quantitative estimate of drug-likeness (QED) is 0.293. The van der Waals surface area contributed by atoms with Crippen molar-refractivity contribution < 1.29 is 14.7 Å². The van der Waals surface area contributed by atoms with Crippen LogP contribution in [-0.4, -0.2) is 41.7 Å². The largest absolute Gasteiger partial charge is 0.481 e. The van der Waals surface area contributed by atoms with Crippen molar-refractivity contribution in [3.05, 3.63) is 70.1 Å². The van der Waals surface area contributed by atoms with Gasteiger partial charge in [-0.15, -0.1) is 11.3 Å². The molecule has 0 saturated heterocycles. The molecule has 0 spiro atoms. The molecule has 1 amide bonds. The van der Waals surface area contributed by atoms with Crippen LogP contribution in [0.5, 0.6) is 0 Å². The van der Waals surface area contributed by atoms with Gasteiger partial charge in [-0.3, -0.25) is 14.3 Å². The van der Waals surface area contributed by atoms with Crippen molar-refractivity contribution in [1.29, 1.82) is 0 Å². The first-order chi connectivity index (χ1) is 17.6. The number of aryl methyl sites for hydroxylation is 2. The first-order valence-corrected chi connectivity index (χ1v) is 12.6. The molecule has 0 atom stereocenters. The summed E-state index contributed by atoms with van der Waals surface area (Å²) in [4.78, 5) is 37.2. The van der Waals surface area contributed by atoms with E-state index in [0.717, 1.165) is 27.4 Å². The minimum absolute atomic E-state index is 0.00446. The van der Waals surface area contributed by atoms with Crippen LogP contribution < -0.4 is 10.6 Å². The van der Waals surface area contributed by atoms with Crippen molar-refractivity contribution in [2.24, 2.45) is 0 Å². The van der Waals surface area contributed by atoms with Crippen LogP contribution in [0.2, 0.25) is 0 Å². The molecular formula is C26H29N7O3S. The number of hydrogen-bond acceptors (Lipinski definition) is 8. The molecule has 0 aliphatic carbocycles. The second kappa shape index (κ2) is 10.9. The summed E-state index contributed by atoms with van der Waals surface area (Å²) in [5, 5.41) is 20.0. The van der Waals surface area contributed by atoms with Gasteiger partial charge in [0.05, 0.1) is 41.7 Å². The number of carbonyl (C=O) groups is 2. The van der Waals surface area contributed by atoms with Crippen molar-refractivity contribution >= 4 is 34.8 Å². The standard InChI is InChI=1S/C26H29N7O3S/c1-16-11-17(5-6-18(16)12-28-23(36)21-14-29-24(37-21)26(2,3)4)20-7-9-27-25(32-20)31-19-13-30-33(15-19)10-8-22(34)35/h5-7,9,11,13-15H,8,10,12H2,1-4H3,(H,28,36)(H,34,35)(H,27,31,32). The van der Waals surface area contributed by atoms with E-state index in [1.807, 2.05) is 31.2 Å². The predicted molar refractivity (Wildman–Crippen MR) is 142 cm³/mol. The minimum atomic E-state index is -0.876. The molecule has 0 radical (unpaired) electrons. The molecule has 192 valence electrons. The highest BCUT2D eigenvalue weighted by Crippen LogP contribution is 2.27. The maximum atomic E-state index is 12.6. The lowest BCUT2D eigenvalue weighted by molar-refractivity contribution is -0.137. The number of aliphatic carboxylic acids is 1. The number of aromatic nitrogens is 5. The predicted octanol–water partition coefficient (Wildman–Crippen LogP) is 4.55. The molecule has 37 heavy (non-hydrogen) atoms. The normalized spacial score (nSPS) is 11.4. The average molecular weight is 520 g/mol. The Kier molecular flexibility index (Phi) is 7.63. The molecule has 0 aliphatic heterocycles. The number of carboxylic acid groups (broad SMARTS) is 1. The average Bonchev–Trinajstić information content (AvgIpc) is 3.52. The van der Waals surface area contributed by atoms with Gasteiger partial charge in [0.15, 0.2) is 0 Å². The summed E-state index contributed by atoms with van der Waals surface area (Å²) >= 11 is 1.42. The van der Waals surface area contributed by atoms with Gasteiger partial charge in [0.1, 0.15) is 4.88 Å². The molecule has 0 saturated carbocycles. The zero-order chi connectivity index (χ0) is 26.6. The molecule has 3 heterocycles. The van der Waals surface area contributed by atoms with E-state index in [1.54, 1.807) is 29.5 Å². The summed E-state index contributed by atoms with van der Waals surface area (Å²) in [6.07, 6.45) is 6.61. The van der Waals surface area contributed by atoms with Gasteiger partial charge in [-0.1, -0.05) is 32.9 Å². The van der Waals surface area contributed by atoms with Crippen LogP contribution in [-0.2, 0) is 23.3 Å². The van der Waals surface area contributed by atoms with E-state index in [4.69, 9.17) is 5.11 Å². The number of rotatable bonds is 9. The van der Waals surface area contributed by atoms with Gasteiger partial charge in [-0.25, -0.2) is 15.0 Å². The number of nitrogens with zero attached hydrogens (tertiary/aromatic N) is 5. The van der Waals surface area contributed by atoms with Crippen LogP contribution in [0.25, 0.3) is 11.3 Å². The lowest BCUT2D eigenvalue weighted by Gasteiger charge is -2.13. The Bertz CT molecular complexity index is 1420. The monoisotopic (exact) mass is 519 g/mol. The lowest BCUT2D eigenvalue weighted by Crippen LogP contribution is -2.22. The highest BCUT2D eigenvalue weighted by atomic mass is 32.1.